The van der Waals surface area contributed by atoms with Crippen LogP contribution < -0.4 is 10.2 Å². The van der Waals surface area contributed by atoms with Gasteiger partial charge < -0.3 is 5.32 Å². The van der Waals surface area contributed by atoms with Gasteiger partial charge in [-0.3, -0.25) is 9.69 Å². The predicted molar refractivity (Wildman–Crippen MR) is 72.5 cm³/mol. The number of hydrogen-bond acceptors (Lipinski definition) is 3. The Morgan fingerprint density at radius 1 is 1.56 bits per heavy atom. The highest BCUT2D eigenvalue weighted by atomic mass is 16.2. The van der Waals surface area contributed by atoms with Crippen molar-refractivity contribution in [3.8, 4) is 0 Å². The summed E-state index contributed by atoms with van der Waals surface area (Å²) in [5, 5.41) is 3.32. The Labute approximate surface area is 108 Å². The van der Waals surface area contributed by atoms with E-state index in [1.54, 1.807) is 11.1 Å². The van der Waals surface area contributed by atoms with Crippen LogP contribution in [0.15, 0.2) is 24.4 Å². The topological polar surface area (TPSA) is 45.2 Å². The Bertz CT molecular complexity index is 399. The maximum absolute atomic E-state index is 12.7. The molecule has 1 aliphatic heterocycles. The van der Waals surface area contributed by atoms with Crippen molar-refractivity contribution in [3.63, 3.8) is 0 Å². The van der Waals surface area contributed by atoms with Crippen LogP contribution in [0.2, 0.25) is 0 Å². The van der Waals surface area contributed by atoms with Crippen molar-refractivity contribution < 1.29 is 4.79 Å². The van der Waals surface area contributed by atoms with Crippen molar-refractivity contribution >= 4 is 11.7 Å². The quantitative estimate of drug-likeness (QED) is 0.882. The maximum Gasteiger partial charge on any atom is 0.235 e. The molecule has 1 aromatic rings. The van der Waals surface area contributed by atoms with Gasteiger partial charge in [0.25, 0.3) is 0 Å². The molecule has 2 heterocycles. The van der Waals surface area contributed by atoms with Gasteiger partial charge in [0.15, 0.2) is 0 Å². The van der Waals surface area contributed by atoms with E-state index < -0.39 is 0 Å². The summed E-state index contributed by atoms with van der Waals surface area (Å²) in [5.41, 5.74) is -0.235. The molecular formula is C14H21N3O. The molecule has 1 saturated heterocycles. The molecule has 0 aromatic carbocycles. The first-order chi connectivity index (χ1) is 8.69. The molecule has 0 bridgehead atoms. The van der Waals surface area contributed by atoms with Gasteiger partial charge in [-0.15, -0.1) is 0 Å². The Morgan fingerprint density at radius 3 is 2.94 bits per heavy atom. The van der Waals surface area contributed by atoms with Crippen LogP contribution in [0, 0.1) is 5.41 Å². The van der Waals surface area contributed by atoms with Crippen molar-refractivity contribution in [1.82, 2.24) is 10.3 Å². The highest BCUT2D eigenvalue weighted by Gasteiger charge is 2.42. The molecule has 4 heteroatoms. The molecule has 18 heavy (non-hydrogen) atoms. The molecule has 98 valence electrons. The zero-order chi connectivity index (χ0) is 13.0. The minimum atomic E-state index is -0.235. The monoisotopic (exact) mass is 247 g/mol. The number of pyridine rings is 1. The van der Waals surface area contributed by atoms with Crippen LogP contribution in [0.5, 0.6) is 0 Å². The van der Waals surface area contributed by atoms with Gasteiger partial charge in [0.1, 0.15) is 5.82 Å². The van der Waals surface area contributed by atoms with Crippen molar-refractivity contribution in [1.29, 1.82) is 0 Å². The van der Waals surface area contributed by atoms with Gasteiger partial charge in [-0.25, -0.2) is 4.98 Å². The molecule has 1 N–H and O–H groups in total. The summed E-state index contributed by atoms with van der Waals surface area (Å²) in [6.07, 6.45) is 4.62. The van der Waals surface area contributed by atoms with Gasteiger partial charge in [-0.2, -0.15) is 0 Å². The number of anilines is 1. The predicted octanol–water partition coefficient (Wildman–Crippen LogP) is 1.82. The summed E-state index contributed by atoms with van der Waals surface area (Å²) < 4.78 is 0. The molecule has 0 saturated carbocycles. The smallest absolute Gasteiger partial charge is 0.235 e. The molecule has 1 unspecified atom stereocenters. The largest absolute Gasteiger partial charge is 0.316 e. The number of carbonyl (C=O) groups excluding carboxylic acids is 1. The molecule has 1 atom stereocenters. The fourth-order valence-corrected chi connectivity index (χ4v) is 2.74. The van der Waals surface area contributed by atoms with E-state index in [0.717, 1.165) is 38.2 Å². The average molecular weight is 247 g/mol. The van der Waals surface area contributed by atoms with Crippen LogP contribution in [0.4, 0.5) is 5.82 Å². The van der Waals surface area contributed by atoms with Gasteiger partial charge >= 0.3 is 0 Å². The lowest BCUT2D eigenvalue weighted by Crippen LogP contribution is -2.44. The highest BCUT2D eigenvalue weighted by molar-refractivity contribution is 5.96. The molecular weight excluding hydrogens is 226 g/mol. The van der Waals surface area contributed by atoms with Gasteiger partial charge in [0, 0.05) is 19.8 Å². The summed E-state index contributed by atoms with van der Waals surface area (Å²) in [6, 6.07) is 5.65. The summed E-state index contributed by atoms with van der Waals surface area (Å²) in [7, 11) is 1.82. The van der Waals surface area contributed by atoms with E-state index in [9.17, 15) is 4.79 Å². The van der Waals surface area contributed by atoms with E-state index in [0.29, 0.717) is 0 Å². The normalized spacial score (nSPS) is 23.0. The van der Waals surface area contributed by atoms with E-state index >= 15 is 0 Å². The SMILES string of the molecule is CCCC1(C(=O)N(C)c2ccccn2)CCNC1. The molecule has 0 spiro atoms. The molecule has 0 radical (unpaired) electrons. The average Bonchev–Trinajstić information content (AvgIpc) is 2.88. The van der Waals surface area contributed by atoms with Gasteiger partial charge in [-0.05, 0) is 31.5 Å². The van der Waals surface area contributed by atoms with Crippen molar-refractivity contribution in [2.45, 2.75) is 26.2 Å². The number of amides is 1. The maximum atomic E-state index is 12.7. The van der Waals surface area contributed by atoms with Crippen LogP contribution in [-0.2, 0) is 4.79 Å². The number of nitrogens with one attached hydrogen (secondary N) is 1. The summed E-state index contributed by atoms with van der Waals surface area (Å²) in [4.78, 5) is 18.6. The lowest BCUT2D eigenvalue weighted by atomic mass is 9.81. The Hall–Kier alpha value is -1.42. The van der Waals surface area contributed by atoms with E-state index in [2.05, 4.69) is 17.2 Å². The number of hydrogen-bond donors (Lipinski definition) is 1. The lowest BCUT2D eigenvalue weighted by Gasteiger charge is -2.31. The van der Waals surface area contributed by atoms with Crippen LogP contribution in [-0.4, -0.2) is 31.0 Å². The van der Waals surface area contributed by atoms with Gasteiger partial charge in [-0.1, -0.05) is 19.4 Å². The third-order valence-corrected chi connectivity index (χ3v) is 3.72. The number of rotatable bonds is 4. The van der Waals surface area contributed by atoms with Crippen LogP contribution >= 0.6 is 0 Å². The van der Waals surface area contributed by atoms with E-state index in [-0.39, 0.29) is 11.3 Å². The third kappa shape index (κ3) is 2.38. The number of carbonyl (C=O) groups is 1. The minimum absolute atomic E-state index is 0.188. The number of nitrogens with zero attached hydrogens (tertiary/aromatic N) is 2. The molecule has 1 aliphatic rings. The zero-order valence-corrected chi connectivity index (χ0v) is 11.1. The Kier molecular flexibility index (Phi) is 3.97. The molecule has 1 aromatic heterocycles. The third-order valence-electron chi connectivity index (χ3n) is 3.72. The molecule has 1 fully saturated rings. The first-order valence-corrected chi connectivity index (χ1v) is 6.59. The highest BCUT2D eigenvalue weighted by Crippen LogP contribution is 2.33. The van der Waals surface area contributed by atoms with E-state index in [1.807, 2.05) is 25.2 Å². The van der Waals surface area contributed by atoms with Crippen molar-refractivity contribution in [2.24, 2.45) is 5.41 Å². The van der Waals surface area contributed by atoms with Gasteiger partial charge in [0.05, 0.1) is 5.41 Å². The fourth-order valence-electron chi connectivity index (χ4n) is 2.74. The van der Waals surface area contributed by atoms with E-state index in [4.69, 9.17) is 0 Å². The van der Waals surface area contributed by atoms with Gasteiger partial charge in [0.2, 0.25) is 5.91 Å². The molecule has 2 rings (SSSR count). The second-order valence-electron chi connectivity index (χ2n) is 5.01. The van der Waals surface area contributed by atoms with Crippen molar-refractivity contribution in [3.05, 3.63) is 24.4 Å². The Morgan fingerprint density at radius 2 is 2.39 bits per heavy atom. The first-order valence-electron chi connectivity index (χ1n) is 6.59. The van der Waals surface area contributed by atoms with Crippen LogP contribution in [0.1, 0.15) is 26.2 Å². The first kappa shape index (κ1) is 13.0. The minimum Gasteiger partial charge on any atom is -0.316 e. The van der Waals surface area contributed by atoms with E-state index in [1.165, 1.54) is 0 Å². The summed E-state index contributed by atoms with van der Waals surface area (Å²) >= 11 is 0. The van der Waals surface area contributed by atoms with Crippen molar-refractivity contribution in [2.75, 3.05) is 25.0 Å². The summed E-state index contributed by atoms with van der Waals surface area (Å²) in [6.45, 7) is 3.85. The summed E-state index contributed by atoms with van der Waals surface area (Å²) in [5.74, 6) is 0.915. The molecule has 0 aliphatic carbocycles. The standard InChI is InChI=1S/C14H21N3O/c1-3-7-14(8-10-15-11-14)13(18)17(2)12-6-4-5-9-16-12/h4-6,9,15H,3,7-8,10-11H2,1-2H3. The molecule has 1 amide bonds. The lowest BCUT2D eigenvalue weighted by molar-refractivity contribution is -0.127. The van der Waals surface area contributed by atoms with Crippen LogP contribution in [0.25, 0.3) is 0 Å². The molecule has 4 nitrogen and oxygen atoms in total. The van der Waals surface area contributed by atoms with Crippen LogP contribution in [0.3, 0.4) is 0 Å². The Balaban J connectivity index is 2.19. The second kappa shape index (κ2) is 5.48. The zero-order valence-electron chi connectivity index (χ0n) is 11.1. The second-order valence-corrected chi connectivity index (χ2v) is 5.01. The fraction of sp³-hybridized carbons (Fsp3) is 0.571. The number of aromatic nitrogens is 1.